The summed E-state index contributed by atoms with van der Waals surface area (Å²) >= 11 is 0. The summed E-state index contributed by atoms with van der Waals surface area (Å²) in [5, 5.41) is 8.33. The fourth-order valence-corrected chi connectivity index (χ4v) is 2.07. The molecule has 3 heteroatoms. The van der Waals surface area contributed by atoms with Crippen molar-refractivity contribution in [1.29, 1.82) is 5.26 Å². The van der Waals surface area contributed by atoms with Crippen molar-refractivity contribution in [1.82, 2.24) is 0 Å². The highest BCUT2D eigenvalue weighted by Gasteiger charge is 2.31. The van der Waals surface area contributed by atoms with Crippen LogP contribution in [-0.2, 0) is 16.6 Å². The molecule has 1 aromatic rings. The third-order valence-electron chi connectivity index (χ3n) is 3.48. The van der Waals surface area contributed by atoms with Crippen LogP contribution in [0, 0.1) is 11.5 Å². The smallest absolute Gasteiger partial charge is 0.286 e. The lowest BCUT2D eigenvalue weighted by molar-refractivity contribution is 0.274. The van der Waals surface area contributed by atoms with Crippen molar-refractivity contribution in [2.45, 2.75) is 32.6 Å². The predicted molar refractivity (Wildman–Crippen MR) is 67.5 cm³/mol. The van der Waals surface area contributed by atoms with Gasteiger partial charge in [-0.25, -0.2) is 0 Å². The number of hydrogen-bond acceptors (Lipinski definition) is 3. The zero-order valence-electron chi connectivity index (χ0n) is 10.4. The molecule has 1 aliphatic rings. The number of fused-ring (bicyclic) bond motifs is 1. The molecule has 0 aliphatic carbocycles. The molecule has 3 nitrogen and oxygen atoms in total. The van der Waals surface area contributed by atoms with Crippen LogP contribution in [0.15, 0.2) is 23.2 Å². The SMILES string of the molecule is CC1=Nc2ccc(CCOC#N)cc2C1(C)C. The van der Waals surface area contributed by atoms with Gasteiger partial charge in [0.25, 0.3) is 6.26 Å². The van der Waals surface area contributed by atoms with Gasteiger partial charge in [0.05, 0.1) is 5.69 Å². The van der Waals surface area contributed by atoms with E-state index in [-0.39, 0.29) is 5.41 Å². The summed E-state index contributed by atoms with van der Waals surface area (Å²) in [6.45, 7) is 6.88. The second kappa shape index (κ2) is 4.21. The Balaban J connectivity index is 2.24. The summed E-state index contributed by atoms with van der Waals surface area (Å²) in [7, 11) is 0. The van der Waals surface area contributed by atoms with Crippen LogP contribution in [0.2, 0.25) is 0 Å². The van der Waals surface area contributed by atoms with Gasteiger partial charge in [0.2, 0.25) is 0 Å². The third-order valence-corrected chi connectivity index (χ3v) is 3.48. The van der Waals surface area contributed by atoms with E-state index in [0.717, 1.165) is 17.8 Å². The van der Waals surface area contributed by atoms with Crippen molar-refractivity contribution in [3.8, 4) is 6.26 Å². The first-order chi connectivity index (χ1) is 8.05. The molecule has 0 aromatic heterocycles. The minimum Gasteiger partial charge on any atom is -0.427 e. The van der Waals surface area contributed by atoms with Crippen LogP contribution >= 0.6 is 0 Å². The Morgan fingerprint density at radius 2 is 2.18 bits per heavy atom. The van der Waals surface area contributed by atoms with E-state index in [1.165, 1.54) is 11.1 Å². The fraction of sp³-hybridized carbons (Fsp3) is 0.429. The summed E-state index contributed by atoms with van der Waals surface area (Å²) in [5.74, 6) is 0. The Morgan fingerprint density at radius 1 is 1.41 bits per heavy atom. The first-order valence-electron chi connectivity index (χ1n) is 5.76. The largest absolute Gasteiger partial charge is 0.427 e. The van der Waals surface area contributed by atoms with Crippen LogP contribution in [0.5, 0.6) is 0 Å². The highest BCUT2D eigenvalue weighted by atomic mass is 16.5. The van der Waals surface area contributed by atoms with Crippen molar-refractivity contribution in [3.05, 3.63) is 29.3 Å². The Morgan fingerprint density at radius 3 is 2.88 bits per heavy atom. The second-order valence-electron chi connectivity index (χ2n) is 4.86. The van der Waals surface area contributed by atoms with Gasteiger partial charge in [0, 0.05) is 17.5 Å². The minimum atomic E-state index is 0.0153. The van der Waals surface area contributed by atoms with Crippen LogP contribution in [0.3, 0.4) is 0 Å². The first-order valence-corrected chi connectivity index (χ1v) is 5.76. The van der Waals surface area contributed by atoms with Crippen molar-refractivity contribution >= 4 is 11.4 Å². The molecule has 1 aliphatic heterocycles. The number of nitriles is 1. The highest BCUT2D eigenvalue weighted by molar-refractivity contribution is 5.99. The molecule has 0 N–H and O–H groups in total. The topological polar surface area (TPSA) is 45.4 Å². The molecule has 0 saturated heterocycles. The summed E-state index contributed by atoms with van der Waals surface area (Å²) in [6.07, 6.45) is 2.45. The molecule has 0 fully saturated rings. The molecule has 88 valence electrons. The molecule has 0 bridgehead atoms. The van der Waals surface area contributed by atoms with Crippen molar-refractivity contribution in [3.63, 3.8) is 0 Å². The number of benzene rings is 1. The maximum atomic E-state index is 8.33. The van der Waals surface area contributed by atoms with E-state index in [9.17, 15) is 0 Å². The first kappa shape index (κ1) is 11.7. The van der Waals surface area contributed by atoms with Crippen molar-refractivity contribution in [2.24, 2.45) is 4.99 Å². The van der Waals surface area contributed by atoms with Gasteiger partial charge in [-0.3, -0.25) is 4.99 Å². The van der Waals surface area contributed by atoms with Gasteiger partial charge in [-0.2, -0.15) is 5.26 Å². The Bertz CT molecular complexity index is 509. The van der Waals surface area contributed by atoms with Gasteiger partial charge in [-0.1, -0.05) is 26.0 Å². The summed E-state index contributed by atoms with van der Waals surface area (Å²) in [6, 6.07) is 6.28. The zero-order chi connectivity index (χ0) is 12.5. The fourth-order valence-electron chi connectivity index (χ4n) is 2.07. The van der Waals surface area contributed by atoms with E-state index < -0.39 is 0 Å². The molecule has 0 unspecified atom stereocenters. The molecule has 0 radical (unpaired) electrons. The molecule has 1 heterocycles. The molecule has 1 aromatic carbocycles. The van der Waals surface area contributed by atoms with Gasteiger partial charge < -0.3 is 4.74 Å². The number of aliphatic imine (C=N–C) groups is 1. The second-order valence-corrected chi connectivity index (χ2v) is 4.86. The van der Waals surface area contributed by atoms with Crippen LogP contribution in [0.1, 0.15) is 31.9 Å². The zero-order valence-corrected chi connectivity index (χ0v) is 10.4. The van der Waals surface area contributed by atoms with Crippen LogP contribution < -0.4 is 0 Å². The maximum Gasteiger partial charge on any atom is 0.286 e. The lowest BCUT2D eigenvalue weighted by Gasteiger charge is -2.20. The molecule has 0 amide bonds. The van der Waals surface area contributed by atoms with Crippen molar-refractivity contribution < 1.29 is 4.74 Å². The van der Waals surface area contributed by atoms with Gasteiger partial charge in [0.15, 0.2) is 0 Å². The summed E-state index contributed by atoms with van der Waals surface area (Å²) in [5.41, 5.74) is 4.69. The molecule has 0 spiro atoms. The minimum absolute atomic E-state index is 0.0153. The Labute approximate surface area is 102 Å². The predicted octanol–water partition coefficient (Wildman–Crippen LogP) is 3.11. The van der Waals surface area contributed by atoms with Gasteiger partial charge in [0.1, 0.15) is 6.61 Å². The molecule has 2 rings (SSSR count). The van der Waals surface area contributed by atoms with Crippen molar-refractivity contribution in [2.75, 3.05) is 6.61 Å². The van der Waals surface area contributed by atoms with E-state index in [1.54, 1.807) is 6.26 Å². The molecule has 0 saturated carbocycles. The number of rotatable bonds is 3. The molecule has 17 heavy (non-hydrogen) atoms. The average molecular weight is 228 g/mol. The van der Waals surface area contributed by atoms with E-state index in [1.807, 2.05) is 0 Å². The lowest BCUT2D eigenvalue weighted by atomic mass is 9.81. The van der Waals surface area contributed by atoms with E-state index in [2.05, 4.69) is 44.0 Å². The van der Waals surface area contributed by atoms with E-state index in [0.29, 0.717) is 6.61 Å². The van der Waals surface area contributed by atoms with Crippen LogP contribution in [0.4, 0.5) is 5.69 Å². The maximum absolute atomic E-state index is 8.33. The Kier molecular flexibility index (Phi) is 2.89. The third kappa shape index (κ3) is 2.03. The number of ether oxygens (including phenoxy) is 1. The summed E-state index contributed by atoms with van der Waals surface area (Å²) in [4.78, 5) is 4.58. The number of nitrogens with zero attached hydrogens (tertiary/aromatic N) is 2. The van der Waals surface area contributed by atoms with Crippen LogP contribution in [-0.4, -0.2) is 12.3 Å². The molecular weight excluding hydrogens is 212 g/mol. The highest BCUT2D eigenvalue weighted by Crippen LogP contribution is 2.40. The standard InChI is InChI=1S/C14H16N2O/c1-10-14(2,3)12-8-11(6-7-17-9-15)4-5-13(12)16-10/h4-5,8H,6-7H2,1-3H3. The molecule has 0 atom stereocenters. The van der Waals surface area contributed by atoms with Gasteiger partial charge in [-0.15, -0.1) is 0 Å². The van der Waals surface area contributed by atoms with Gasteiger partial charge in [-0.05, 0) is 24.1 Å². The average Bonchev–Trinajstić information content (AvgIpc) is 2.51. The van der Waals surface area contributed by atoms with Gasteiger partial charge >= 0.3 is 0 Å². The van der Waals surface area contributed by atoms with E-state index >= 15 is 0 Å². The van der Waals surface area contributed by atoms with E-state index in [4.69, 9.17) is 10.00 Å². The lowest BCUT2D eigenvalue weighted by Crippen LogP contribution is -2.22. The monoisotopic (exact) mass is 228 g/mol. The normalized spacial score (nSPS) is 16.0. The Hall–Kier alpha value is -1.82. The quantitative estimate of drug-likeness (QED) is 0.589. The summed E-state index contributed by atoms with van der Waals surface area (Å²) < 4.78 is 4.71. The number of hydrogen-bond donors (Lipinski definition) is 0. The molecular formula is C14H16N2O. The van der Waals surface area contributed by atoms with Crippen LogP contribution in [0.25, 0.3) is 0 Å².